The summed E-state index contributed by atoms with van der Waals surface area (Å²) in [6, 6.07) is 18.2. The average molecular weight is 343 g/mol. The van der Waals surface area contributed by atoms with Gasteiger partial charge >= 0.3 is 6.09 Å². The Morgan fingerprint density at radius 2 is 1.58 bits per heavy atom. The van der Waals surface area contributed by atoms with Crippen LogP contribution in [0.25, 0.3) is 0 Å². The molecule has 0 aromatic heterocycles. The zero-order valence-corrected chi connectivity index (χ0v) is 14.6. The molecule has 2 aromatic carbocycles. The van der Waals surface area contributed by atoms with E-state index in [1.54, 1.807) is 0 Å². The number of nitrogens with one attached hydrogen (secondary N) is 1. The molecule has 0 bridgehead atoms. The molecule has 1 amide bonds. The maximum Gasteiger partial charge on any atom is 0.408 e. The number of amides is 1. The Bertz CT molecular complexity index is 659. The van der Waals surface area contributed by atoms with Crippen LogP contribution in [0, 0.1) is 5.92 Å². The van der Waals surface area contributed by atoms with Gasteiger partial charge in [-0.1, -0.05) is 62.4 Å². The molecule has 2 rings (SSSR count). The van der Waals surface area contributed by atoms with Crippen molar-refractivity contribution in [3.8, 4) is 0 Å². The monoisotopic (exact) mass is 343 g/mol. The molecular weight excluding hydrogens is 322 g/mol. The number of alkyl carbamates (subject to hydrolysis) is 1. The number of thioether (sulfide) groups is 1. The molecule has 0 aliphatic carbocycles. The van der Waals surface area contributed by atoms with Gasteiger partial charge in [-0.05, 0) is 35.4 Å². The zero-order chi connectivity index (χ0) is 17.4. The number of hydrogen-bond acceptors (Lipinski definition) is 4. The fourth-order valence-electron chi connectivity index (χ4n) is 2.06. The van der Waals surface area contributed by atoms with Crippen molar-refractivity contribution in [3.63, 3.8) is 0 Å². The Morgan fingerprint density at radius 1 is 1.00 bits per heavy atom. The molecule has 0 heterocycles. The summed E-state index contributed by atoms with van der Waals surface area (Å²) in [6.07, 6.45) is -0.584. The van der Waals surface area contributed by atoms with Crippen molar-refractivity contribution in [2.24, 2.45) is 5.92 Å². The summed E-state index contributed by atoms with van der Waals surface area (Å²) in [5.41, 5.74) is 0.902. The molecule has 0 spiro atoms. The van der Waals surface area contributed by atoms with Gasteiger partial charge in [-0.2, -0.15) is 0 Å². The summed E-state index contributed by atoms with van der Waals surface area (Å²) < 4.78 is 5.20. The van der Waals surface area contributed by atoms with Gasteiger partial charge in [-0.25, -0.2) is 4.79 Å². The second-order valence-electron chi connectivity index (χ2n) is 5.66. The van der Waals surface area contributed by atoms with Crippen LogP contribution >= 0.6 is 11.8 Å². The minimum absolute atomic E-state index is 0.0296. The highest BCUT2D eigenvalue weighted by Gasteiger charge is 2.25. The summed E-state index contributed by atoms with van der Waals surface area (Å²) in [7, 11) is 0. The standard InChI is InChI=1S/C19H21NO3S/c1-14(2)17(18(21)24-16-11-7-4-8-12-16)20-19(22)23-13-15-9-5-3-6-10-15/h3-12,14,17H,13H2,1-2H3,(H,20,22)/t17-/m0/s1. The van der Waals surface area contributed by atoms with Crippen molar-refractivity contribution in [1.29, 1.82) is 0 Å². The number of ether oxygens (including phenoxy) is 1. The highest BCUT2D eigenvalue weighted by molar-refractivity contribution is 8.13. The van der Waals surface area contributed by atoms with Gasteiger partial charge in [0.05, 0.1) is 0 Å². The minimum Gasteiger partial charge on any atom is -0.445 e. The van der Waals surface area contributed by atoms with Crippen LogP contribution in [-0.4, -0.2) is 17.3 Å². The third-order valence-electron chi connectivity index (χ3n) is 3.37. The first-order chi connectivity index (χ1) is 11.6. The van der Waals surface area contributed by atoms with Gasteiger partial charge < -0.3 is 10.1 Å². The molecule has 0 saturated heterocycles. The van der Waals surface area contributed by atoms with E-state index in [-0.39, 0.29) is 17.6 Å². The van der Waals surface area contributed by atoms with Crippen molar-refractivity contribution in [3.05, 3.63) is 66.2 Å². The van der Waals surface area contributed by atoms with E-state index in [1.807, 2.05) is 74.5 Å². The van der Waals surface area contributed by atoms with Crippen LogP contribution in [-0.2, 0) is 16.1 Å². The zero-order valence-electron chi connectivity index (χ0n) is 13.8. The van der Waals surface area contributed by atoms with Crippen molar-refractivity contribution < 1.29 is 14.3 Å². The lowest BCUT2D eigenvalue weighted by atomic mass is 10.1. The molecule has 0 saturated carbocycles. The van der Waals surface area contributed by atoms with Gasteiger partial charge in [0, 0.05) is 4.90 Å². The van der Waals surface area contributed by atoms with E-state index in [0.29, 0.717) is 0 Å². The second-order valence-corrected chi connectivity index (χ2v) is 6.74. The average Bonchev–Trinajstić information content (AvgIpc) is 2.59. The topological polar surface area (TPSA) is 55.4 Å². The molecule has 0 aliphatic rings. The number of benzene rings is 2. The highest BCUT2D eigenvalue weighted by Crippen LogP contribution is 2.22. The number of carbonyl (C=O) groups is 2. The Kier molecular flexibility index (Phi) is 6.88. The van der Waals surface area contributed by atoms with Crippen molar-refractivity contribution >= 4 is 23.0 Å². The quantitative estimate of drug-likeness (QED) is 0.797. The van der Waals surface area contributed by atoms with Crippen LogP contribution in [0.1, 0.15) is 19.4 Å². The largest absolute Gasteiger partial charge is 0.445 e. The summed E-state index contributed by atoms with van der Waals surface area (Å²) in [4.78, 5) is 25.3. The third kappa shape index (κ3) is 5.74. The third-order valence-corrected chi connectivity index (χ3v) is 4.33. The molecule has 0 radical (unpaired) electrons. The van der Waals surface area contributed by atoms with Gasteiger partial charge in [0.25, 0.3) is 0 Å². The molecule has 2 aromatic rings. The van der Waals surface area contributed by atoms with Crippen LogP contribution in [0.15, 0.2) is 65.6 Å². The lowest BCUT2D eigenvalue weighted by Gasteiger charge is -2.20. The minimum atomic E-state index is -0.599. The smallest absolute Gasteiger partial charge is 0.408 e. The summed E-state index contributed by atoms with van der Waals surface area (Å²) >= 11 is 1.13. The van der Waals surface area contributed by atoms with Gasteiger partial charge in [-0.15, -0.1) is 0 Å². The first kappa shape index (κ1) is 18.1. The Morgan fingerprint density at radius 3 is 2.17 bits per heavy atom. The predicted octanol–water partition coefficient (Wildman–Crippen LogP) is 4.26. The number of rotatable bonds is 6. The Hall–Kier alpha value is -2.27. The van der Waals surface area contributed by atoms with Crippen LogP contribution in [0.5, 0.6) is 0 Å². The van der Waals surface area contributed by atoms with Gasteiger partial charge in [0.15, 0.2) is 0 Å². The maximum atomic E-state index is 12.5. The van der Waals surface area contributed by atoms with Crippen LogP contribution in [0.2, 0.25) is 0 Å². The molecule has 1 atom stereocenters. The van der Waals surface area contributed by atoms with Crippen LogP contribution < -0.4 is 5.32 Å². The van der Waals surface area contributed by atoms with Crippen molar-refractivity contribution in [2.75, 3.05) is 0 Å². The van der Waals surface area contributed by atoms with E-state index in [0.717, 1.165) is 22.2 Å². The Labute approximate surface area is 146 Å². The van der Waals surface area contributed by atoms with E-state index < -0.39 is 12.1 Å². The fourth-order valence-corrected chi connectivity index (χ4v) is 3.04. The van der Waals surface area contributed by atoms with Crippen molar-refractivity contribution in [1.82, 2.24) is 5.32 Å². The first-order valence-corrected chi connectivity index (χ1v) is 8.62. The van der Waals surface area contributed by atoms with E-state index in [9.17, 15) is 9.59 Å². The molecule has 126 valence electrons. The molecule has 24 heavy (non-hydrogen) atoms. The van der Waals surface area contributed by atoms with Gasteiger partial charge in [-0.3, -0.25) is 4.79 Å². The van der Waals surface area contributed by atoms with Gasteiger partial charge in [0.2, 0.25) is 5.12 Å². The lowest BCUT2D eigenvalue weighted by Crippen LogP contribution is -2.43. The lowest BCUT2D eigenvalue weighted by molar-refractivity contribution is -0.113. The molecule has 0 unspecified atom stereocenters. The van der Waals surface area contributed by atoms with Gasteiger partial charge in [0.1, 0.15) is 12.6 Å². The highest BCUT2D eigenvalue weighted by atomic mass is 32.2. The summed E-state index contributed by atoms with van der Waals surface area (Å²) in [5.74, 6) is -0.0296. The molecular formula is C19H21NO3S. The molecule has 0 aliphatic heterocycles. The van der Waals surface area contributed by atoms with Crippen molar-refractivity contribution in [2.45, 2.75) is 31.4 Å². The van der Waals surface area contributed by atoms with Crippen LogP contribution in [0.4, 0.5) is 4.79 Å². The molecule has 4 nitrogen and oxygen atoms in total. The molecule has 0 fully saturated rings. The Balaban J connectivity index is 1.90. The molecule has 1 N–H and O–H groups in total. The summed E-state index contributed by atoms with van der Waals surface area (Å²) in [6.45, 7) is 3.97. The second kappa shape index (κ2) is 9.13. The van der Waals surface area contributed by atoms with E-state index in [4.69, 9.17) is 4.74 Å². The number of carbonyl (C=O) groups excluding carboxylic acids is 2. The van der Waals surface area contributed by atoms with E-state index in [1.165, 1.54) is 0 Å². The SMILES string of the molecule is CC(C)[C@H](NC(=O)OCc1ccccc1)C(=O)Sc1ccccc1. The predicted molar refractivity (Wildman–Crippen MR) is 95.7 cm³/mol. The first-order valence-electron chi connectivity index (χ1n) is 7.80. The fraction of sp³-hybridized carbons (Fsp3) is 0.263. The van der Waals surface area contributed by atoms with E-state index in [2.05, 4.69) is 5.32 Å². The number of hydrogen-bond donors (Lipinski definition) is 1. The molecule has 5 heteroatoms. The van der Waals surface area contributed by atoms with Crippen LogP contribution in [0.3, 0.4) is 0 Å². The summed E-state index contributed by atoms with van der Waals surface area (Å²) in [5, 5.41) is 2.57. The maximum absolute atomic E-state index is 12.5. The van der Waals surface area contributed by atoms with E-state index >= 15 is 0 Å². The normalized spacial score (nSPS) is 11.8.